The van der Waals surface area contributed by atoms with Gasteiger partial charge in [-0.2, -0.15) is 0 Å². The molecule has 0 atom stereocenters. The Balaban J connectivity index is 1.61. The van der Waals surface area contributed by atoms with E-state index in [2.05, 4.69) is 16.4 Å². The van der Waals surface area contributed by atoms with Crippen LogP contribution in [-0.4, -0.2) is 17.4 Å². The highest BCUT2D eigenvalue weighted by atomic mass is 19.1. The monoisotopic (exact) mass is 282 g/mol. The van der Waals surface area contributed by atoms with Crippen molar-refractivity contribution in [2.75, 3.05) is 6.54 Å². The Morgan fingerprint density at radius 3 is 2.67 bits per heavy atom. The Bertz CT molecular complexity index is 762. The predicted molar refractivity (Wildman–Crippen MR) is 80.7 cm³/mol. The zero-order valence-corrected chi connectivity index (χ0v) is 11.4. The average Bonchev–Trinajstić information content (AvgIpc) is 2.91. The molecule has 21 heavy (non-hydrogen) atoms. The van der Waals surface area contributed by atoms with Crippen molar-refractivity contribution in [2.24, 2.45) is 0 Å². The Kier molecular flexibility index (Phi) is 3.69. The number of carbonyl (C=O) groups excluding carboxylic acids is 1. The maximum atomic E-state index is 12.8. The molecule has 0 saturated carbocycles. The van der Waals surface area contributed by atoms with E-state index in [4.69, 9.17) is 0 Å². The van der Waals surface area contributed by atoms with E-state index in [1.807, 2.05) is 24.4 Å². The Morgan fingerprint density at radius 1 is 1.10 bits per heavy atom. The van der Waals surface area contributed by atoms with Gasteiger partial charge < -0.3 is 10.3 Å². The summed E-state index contributed by atoms with van der Waals surface area (Å²) in [4.78, 5) is 15.1. The molecule has 3 rings (SSSR count). The lowest BCUT2D eigenvalue weighted by atomic mass is 10.1. The number of H-pyrrole nitrogens is 1. The van der Waals surface area contributed by atoms with Gasteiger partial charge >= 0.3 is 0 Å². The third-order valence-electron chi connectivity index (χ3n) is 3.46. The molecule has 0 unspecified atom stereocenters. The van der Waals surface area contributed by atoms with Gasteiger partial charge in [0, 0.05) is 29.2 Å². The molecule has 3 aromatic rings. The summed E-state index contributed by atoms with van der Waals surface area (Å²) in [5, 5.41) is 4.02. The molecular weight excluding hydrogens is 267 g/mol. The average molecular weight is 282 g/mol. The zero-order valence-electron chi connectivity index (χ0n) is 11.4. The number of carbonyl (C=O) groups is 1. The predicted octanol–water partition coefficient (Wildman–Crippen LogP) is 3.28. The van der Waals surface area contributed by atoms with Crippen LogP contribution in [0.25, 0.3) is 10.9 Å². The van der Waals surface area contributed by atoms with Gasteiger partial charge in [-0.05, 0) is 42.3 Å². The van der Waals surface area contributed by atoms with Gasteiger partial charge in [0.2, 0.25) is 0 Å². The SMILES string of the molecule is O=C(NCCc1c[nH]c2ccccc12)c1ccc(F)cc1. The van der Waals surface area contributed by atoms with Gasteiger partial charge in [0.1, 0.15) is 5.82 Å². The number of aromatic nitrogens is 1. The van der Waals surface area contributed by atoms with Gasteiger partial charge in [-0.3, -0.25) is 4.79 Å². The van der Waals surface area contributed by atoms with Gasteiger partial charge in [0.05, 0.1) is 0 Å². The summed E-state index contributed by atoms with van der Waals surface area (Å²) in [6.07, 6.45) is 2.71. The molecule has 4 heteroatoms. The largest absolute Gasteiger partial charge is 0.361 e. The van der Waals surface area contributed by atoms with Crippen LogP contribution in [0.2, 0.25) is 0 Å². The summed E-state index contributed by atoms with van der Waals surface area (Å²) in [5.74, 6) is -0.528. The summed E-state index contributed by atoms with van der Waals surface area (Å²) < 4.78 is 12.8. The molecule has 0 aliphatic rings. The van der Waals surface area contributed by atoms with Crippen molar-refractivity contribution in [1.29, 1.82) is 0 Å². The molecule has 0 bridgehead atoms. The molecule has 2 N–H and O–H groups in total. The first-order chi connectivity index (χ1) is 10.2. The molecule has 3 nitrogen and oxygen atoms in total. The smallest absolute Gasteiger partial charge is 0.251 e. The number of halogens is 1. The van der Waals surface area contributed by atoms with Crippen LogP contribution in [-0.2, 0) is 6.42 Å². The standard InChI is InChI=1S/C17H15FN2O/c18-14-7-5-12(6-8-14)17(21)19-10-9-13-11-20-16-4-2-1-3-15(13)16/h1-8,11,20H,9-10H2,(H,19,21). The molecule has 106 valence electrons. The second-order valence-corrected chi connectivity index (χ2v) is 4.87. The molecule has 2 aromatic carbocycles. The lowest BCUT2D eigenvalue weighted by Crippen LogP contribution is -2.25. The lowest BCUT2D eigenvalue weighted by molar-refractivity contribution is 0.0954. The lowest BCUT2D eigenvalue weighted by Gasteiger charge is -2.05. The van der Waals surface area contributed by atoms with E-state index in [0.29, 0.717) is 12.1 Å². The van der Waals surface area contributed by atoms with E-state index >= 15 is 0 Å². The van der Waals surface area contributed by atoms with Crippen LogP contribution in [0.4, 0.5) is 4.39 Å². The van der Waals surface area contributed by atoms with Crippen molar-refractivity contribution in [2.45, 2.75) is 6.42 Å². The second kappa shape index (κ2) is 5.79. The fourth-order valence-electron chi connectivity index (χ4n) is 2.35. The van der Waals surface area contributed by atoms with Crippen LogP contribution >= 0.6 is 0 Å². The van der Waals surface area contributed by atoms with Crippen molar-refractivity contribution in [3.05, 3.63) is 71.7 Å². The number of nitrogens with one attached hydrogen (secondary N) is 2. The Morgan fingerprint density at radius 2 is 1.86 bits per heavy atom. The van der Waals surface area contributed by atoms with Crippen molar-refractivity contribution in [1.82, 2.24) is 10.3 Å². The van der Waals surface area contributed by atoms with E-state index in [-0.39, 0.29) is 11.7 Å². The molecule has 0 spiro atoms. The van der Waals surface area contributed by atoms with E-state index in [9.17, 15) is 9.18 Å². The quantitative estimate of drug-likeness (QED) is 0.758. The fourth-order valence-corrected chi connectivity index (χ4v) is 2.35. The van der Waals surface area contributed by atoms with E-state index < -0.39 is 0 Å². The van der Waals surface area contributed by atoms with Crippen LogP contribution in [0.3, 0.4) is 0 Å². The first-order valence-electron chi connectivity index (χ1n) is 6.83. The highest BCUT2D eigenvalue weighted by Gasteiger charge is 2.06. The third kappa shape index (κ3) is 2.94. The van der Waals surface area contributed by atoms with Crippen LogP contribution in [0.5, 0.6) is 0 Å². The summed E-state index contributed by atoms with van der Waals surface area (Å²) in [5.41, 5.74) is 2.73. The topological polar surface area (TPSA) is 44.9 Å². The Hall–Kier alpha value is -2.62. The molecule has 0 radical (unpaired) electrons. The van der Waals surface area contributed by atoms with Crippen LogP contribution < -0.4 is 5.32 Å². The first kappa shape index (κ1) is 13.4. The summed E-state index contributed by atoms with van der Waals surface area (Å²) in [6, 6.07) is 13.6. The molecule has 0 aliphatic carbocycles. The first-order valence-corrected chi connectivity index (χ1v) is 6.83. The maximum Gasteiger partial charge on any atom is 0.251 e. The van der Waals surface area contributed by atoms with Gasteiger partial charge in [-0.25, -0.2) is 4.39 Å². The summed E-state index contributed by atoms with van der Waals surface area (Å²) in [6.45, 7) is 0.540. The normalized spacial score (nSPS) is 10.7. The Labute approximate surface area is 121 Å². The second-order valence-electron chi connectivity index (χ2n) is 4.87. The number of rotatable bonds is 4. The molecule has 0 saturated heterocycles. The minimum absolute atomic E-state index is 0.185. The van der Waals surface area contributed by atoms with Crippen LogP contribution in [0, 0.1) is 5.82 Å². The number of amides is 1. The number of hydrogen-bond donors (Lipinski definition) is 2. The number of hydrogen-bond acceptors (Lipinski definition) is 1. The third-order valence-corrected chi connectivity index (χ3v) is 3.46. The molecule has 0 fully saturated rings. The van der Waals surface area contributed by atoms with Gasteiger partial charge in [-0.1, -0.05) is 18.2 Å². The maximum absolute atomic E-state index is 12.8. The van der Waals surface area contributed by atoms with E-state index in [0.717, 1.165) is 11.9 Å². The van der Waals surface area contributed by atoms with Gasteiger partial charge in [0.15, 0.2) is 0 Å². The molecule has 1 aromatic heterocycles. The number of para-hydroxylation sites is 1. The van der Waals surface area contributed by atoms with Crippen molar-refractivity contribution < 1.29 is 9.18 Å². The fraction of sp³-hybridized carbons (Fsp3) is 0.118. The van der Waals surface area contributed by atoms with E-state index in [1.54, 1.807) is 0 Å². The van der Waals surface area contributed by atoms with Crippen LogP contribution in [0.1, 0.15) is 15.9 Å². The minimum atomic E-state index is -0.342. The molecule has 1 heterocycles. The van der Waals surface area contributed by atoms with Crippen molar-refractivity contribution in [3.8, 4) is 0 Å². The molecule has 1 amide bonds. The molecular formula is C17H15FN2O. The van der Waals surface area contributed by atoms with Crippen molar-refractivity contribution in [3.63, 3.8) is 0 Å². The summed E-state index contributed by atoms with van der Waals surface area (Å²) in [7, 11) is 0. The van der Waals surface area contributed by atoms with Crippen molar-refractivity contribution >= 4 is 16.8 Å². The zero-order chi connectivity index (χ0) is 14.7. The minimum Gasteiger partial charge on any atom is -0.361 e. The van der Waals surface area contributed by atoms with Gasteiger partial charge in [-0.15, -0.1) is 0 Å². The number of aromatic amines is 1. The van der Waals surface area contributed by atoms with Gasteiger partial charge in [0.25, 0.3) is 5.91 Å². The summed E-state index contributed by atoms with van der Waals surface area (Å²) >= 11 is 0. The number of fused-ring (bicyclic) bond motifs is 1. The van der Waals surface area contributed by atoms with Crippen LogP contribution in [0.15, 0.2) is 54.7 Å². The molecule has 0 aliphatic heterocycles. The van der Waals surface area contributed by atoms with E-state index in [1.165, 1.54) is 35.2 Å². The highest BCUT2D eigenvalue weighted by molar-refractivity contribution is 5.94. The highest BCUT2D eigenvalue weighted by Crippen LogP contribution is 2.17. The number of benzene rings is 2.